The SMILES string of the molecule is Cc1cccc2c3nc4ccccc4nc3n(CC(=O)[O-])c12. The Kier molecular flexibility index (Phi) is 2.63. The van der Waals surface area contributed by atoms with E-state index in [2.05, 4.69) is 9.97 Å². The summed E-state index contributed by atoms with van der Waals surface area (Å²) in [5.41, 5.74) is 4.67. The number of hydrogen-bond donors (Lipinski definition) is 0. The molecule has 0 fully saturated rings. The number of carbonyl (C=O) groups excluding carboxylic acids is 1. The zero-order valence-corrected chi connectivity index (χ0v) is 11.9. The van der Waals surface area contributed by atoms with Crippen molar-refractivity contribution >= 4 is 39.1 Å². The molecule has 4 rings (SSSR count). The molecule has 2 aromatic carbocycles. The van der Waals surface area contributed by atoms with Gasteiger partial charge in [0.2, 0.25) is 0 Å². The van der Waals surface area contributed by atoms with Crippen LogP contribution in [0, 0.1) is 6.92 Å². The van der Waals surface area contributed by atoms with Crippen molar-refractivity contribution in [3.63, 3.8) is 0 Å². The number of aryl methyl sites for hydroxylation is 1. The highest BCUT2D eigenvalue weighted by Crippen LogP contribution is 2.30. The van der Waals surface area contributed by atoms with Crippen LogP contribution < -0.4 is 5.11 Å². The topological polar surface area (TPSA) is 70.8 Å². The summed E-state index contributed by atoms with van der Waals surface area (Å²) in [5.74, 6) is -1.14. The summed E-state index contributed by atoms with van der Waals surface area (Å²) in [6.45, 7) is 1.71. The number of carboxylic acids is 1. The summed E-state index contributed by atoms with van der Waals surface area (Å²) < 4.78 is 1.68. The fraction of sp³-hybridized carbons (Fsp3) is 0.118. The Labute approximate surface area is 125 Å². The minimum atomic E-state index is -1.14. The Hall–Kier alpha value is -2.95. The molecule has 5 heteroatoms. The predicted molar refractivity (Wildman–Crippen MR) is 82.3 cm³/mol. The summed E-state index contributed by atoms with van der Waals surface area (Å²) in [7, 11) is 0. The number of para-hydroxylation sites is 3. The van der Waals surface area contributed by atoms with Crippen molar-refractivity contribution in [2.75, 3.05) is 0 Å². The first-order chi connectivity index (χ1) is 10.6. The third-order valence-electron chi connectivity index (χ3n) is 3.86. The van der Waals surface area contributed by atoms with E-state index >= 15 is 0 Å². The molecule has 0 aliphatic heterocycles. The molecule has 0 spiro atoms. The third kappa shape index (κ3) is 1.75. The van der Waals surface area contributed by atoms with E-state index in [4.69, 9.17) is 0 Å². The van der Waals surface area contributed by atoms with Gasteiger partial charge in [0, 0.05) is 5.39 Å². The third-order valence-corrected chi connectivity index (χ3v) is 3.86. The maximum absolute atomic E-state index is 11.1. The highest BCUT2D eigenvalue weighted by molar-refractivity contribution is 6.07. The molecule has 0 N–H and O–H groups in total. The van der Waals surface area contributed by atoms with Gasteiger partial charge in [-0.15, -0.1) is 0 Å². The van der Waals surface area contributed by atoms with Gasteiger partial charge >= 0.3 is 0 Å². The number of carbonyl (C=O) groups is 1. The standard InChI is InChI=1S/C17H13N3O2/c1-10-5-4-6-11-15-17(20(16(10)11)9-14(21)22)19-13-8-3-2-7-12(13)18-15/h2-8H,9H2,1H3,(H,21,22)/p-1. The van der Waals surface area contributed by atoms with Gasteiger partial charge in [0.25, 0.3) is 0 Å². The Morgan fingerprint density at radius 3 is 2.55 bits per heavy atom. The van der Waals surface area contributed by atoms with Gasteiger partial charge in [-0.25, -0.2) is 9.97 Å². The van der Waals surface area contributed by atoms with Crippen molar-refractivity contribution in [3.8, 4) is 0 Å². The number of rotatable bonds is 2. The summed E-state index contributed by atoms with van der Waals surface area (Å²) in [6.07, 6.45) is 0. The average Bonchev–Trinajstić information content (AvgIpc) is 2.80. The van der Waals surface area contributed by atoms with Crippen LogP contribution in [0.3, 0.4) is 0 Å². The quantitative estimate of drug-likeness (QED) is 0.564. The molecule has 0 saturated heterocycles. The largest absolute Gasteiger partial charge is 0.548 e. The molecule has 2 heterocycles. The van der Waals surface area contributed by atoms with Gasteiger partial charge in [-0.1, -0.05) is 30.3 Å². The molecule has 0 aliphatic rings. The minimum Gasteiger partial charge on any atom is -0.548 e. The summed E-state index contributed by atoms with van der Waals surface area (Å²) in [4.78, 5) is 20.4. The number of aromatic nitrogens is 3. The van der Waals surface area contributed by atoms with Crippen molar-refractivity contribution in [1.29, 1.82) is 0 Å². The van der Waals surface area contributed by atoms with Crippen molar-refractivity contribution in [2.24, 2.45) is 0 Å². The molecule has 2 aromatic heterocycles. The second kappa shape index (κ2) is 4.53. The van der Waals surface area contributed by atoms with E-state index in [9.17, 15) is 9.90 Å². The average molecular weight is 290 g/mol. The van der Waals surface area contributed by atoms with E-state index in [1.165, 1.54) is 0 Å². The monoisotopic (exact) mass is 290 g/mol. The molecule has 0 amide bonds. The number of nitrogens with zero attached hydrogens (tertiary/aromatic N) is 3. The molecule has 0 atom stereocenters. The fourth-order valence-corrected chi connectivity index (χ4v) is 2.96. The van der Waals surface area contributed by atoms with Crippen molar-refractivity contribution < 1.29 is 9.90 Å². The van der Waals surface area contributed by atoms with E-state index in [0.29, 0.717) is 5.65 Å². The van der Waals surface area contributed by atoms with Gasteiger partial charge in [0.15, 0.2) is 5.65 Å². The number of benzene rings is 2. The first-order valence-electron chi connectivity index (χ1n) is 6.99. The first-order valence-corrected chi connectivity index (χ1v) is 6.99. The zero-order chi connectivity index (χ0) is 15.3. The van der Waals surface area contributed by atoms with Crippen LogP contribution in [0.25, 0.3) is 33.1 Å². The van der Waals surface area contributed by atoms with E-state index in [1.807, 2.05) is 49.4 Å². The van der Waals surface area contributed by atoms with Gasteiger partial charge in [-0.3, -0.25) is 0 Å². The highest BCUT2D eigenvalue weighted by Gasteiger charge is 2.15. The number of fused-ring (bicyclic) bond motifs is 4. The lowest BCUT2D eigenvalue weighted by Gasteiger charge is -2.08. The van der Waals surface area contributed by atoms with Gasteiger partial charge in [0.1, 0.15) is 5.52 Å². The van der Waals surface area contributed by atoms with Crippen LogP contribution in [-0.4, -0.2) is 20.5 Å². The second-order valence-electron chi connectivity index (χ2n) is 5.31. The molecule has 5 nitrogen and oxygen atoms in total. The Bertz CT molecular complexity index is 1050. The molecule has 0 aliphatic carbocycles. The van der Waals surface area contributed by atoms with Crippen molar-refractivity contribution in [2.45, 2.75) is 13.5 Å². The van der Waals surface area contributed by atoms with E-state index in [1.54, 1.807) is 4.57 Å². The van der Waals surface area contributed by atoms with Crippen LogP contribution in [-0.2, 0) is 11.3 Å². The number of carboxylic acid groups (broad SMARTS) is 1. The van der Waals surface area contributed by atoms with E-state index < -0.39 is 5.97 Å². The van der Waals surface area contributed by atoms with Gasteiger partial charge in [0.05, 0.1) is 29.1 Å². The minimum absolute atomic E-state index is 0.238. The Morgan fingerprint density at radius 2 is 1.82 bits per heavy atom. The van der Waals surface area contributed by atoms with E-state index in [-0.39, 0.29) is 6.54 Å². The van der Waals surface area contributed by atoms with Crippen LogP contribution in [0.15, 0.2) is 42.5 Å². The lowest BCUT2D eigenvalue weighted by atomic mass is 10.1. The summed E-state index contributed by atoms with van der Waals surface area (Å²) in [6, 6.07) is 13.4. The maximum atomic E-state index is 11.1. The smallest absolute Gasteiger partial charge is 0.160 e. The molecule has 0 saturated carbocycles. The van der Waals surface area contributed by atoms with Gasteiger partial charge in [-0.05, 0) is 24.6 Å². The number of hydrogen-bond acceptors (Lipinski definition) is 4. The normalized spacial score (nSPS) is 11.5. The lowest BCUT2D eigenvalue weighted by Crippen LogP contribution is -2.27. The molecule has 22 heavy (non-hydrogen) atoms. The van der Waals surface area contributed by atoms with Crippen LogP contribution in [0.5, 0.6) is 0 Å². The van der Waals surface area contributed by atoms with Crippen LogP contribution in [0.2, 0.25) is 0 Å². The fourth-order valence-electron chi connectivity index (χ4n) is 2.96. The van der Waals surface area contributed by atoms with Crippen molar-refractivity contribution in [3.05, 3.63) is 48.0 Å². The molecule has 0 bridgehead atoms. The summed E-state index contributed by atoms with van der Waals surface area (Å²) in [5, 5.41) is 12.1. The summed E-state index contributed by atoms with van der Waals surface area (Å²) >= 11 is 0. The van der Waals surface area contributed by atoms with Crippen molar-refractivity contribution in [1.82, 2.24) is 14.5 Å². The molecule has 0 radical (unpaired) electrons. The van der Waals surface area contributed by atoms with Crippen LogP contribution >= 0.6 is 0 Å². The second-order valence-corrected chi connectivity index (χ2v) is 5.31. The van der Waals surface area contributed by atoms with E-state index in [0.717, 1.165) is 33.0 Å². The maximum Gasteiger partial charge on any atom is 0.160 e. The first kappa shape index (κ1) is 12.8. The zero-order valence-electron chi connectivity index (χ0n) is 11.9. The Balaban J connectivity index is 2.23. The van der Waals surface area contributed by atoms with Crippen LogP contribution in [0.4, 0.5) is 0 Å². The highest BCUT2D eigenvalue weighted by atomic mass is 16.4. The molecular formula is C17H12N3O2-. The predicted octanol–water partition coefficient (Wildman–Crippen LogP) is 1.80. The molecular weight excluding hydrogens is 278 g/mol. The van der Waals surface area contributed by atoms with Gasteiger partial charge < -0.3 is 14.5 Å². The lowest BCUT2D eigenvalue weighted by molar-refractivity contribution is -0.306. The van der Waals surface area contributed by atoms with Gasteiger partial charge in [-0.2, -0.15) is 0 Å². The number of aliphatic carboxylic acids is 1. The van der Waals surface area contributed by atoms with Crippen LogP contribution in [0.1, 0.15) is 5.56 Å². The molecule has 108 valence electrons. The molecule has 4 aromatic rings. The Morgan fingerprint density at radius 1 is 1.09 bits per heavy atom. The molecule has 0 unspecified atom stereocenters.